The molecule has 1 saturated carbocycles. The van der Waals surface area contributed by atoms with E-state index in [2.05, 4.69) is 21.2 Å². The molecule has 0 aliphatic heterocycles. The normalized spacial score (nSPS) is 17.2. The third kappa shape index (κ3) is 3.05. The minimum atomic E-state index is -0.462. The second kappa shape index (κ2) is 5.44. The standard InChI is InChI=1S/C13H16BrF2N/c1-17-12(8-2-3-8)7-4-9-11(15)6-5-10(14)13(9)16/h5-6,8,12,17H,2-4,7H2,1H3. The van der Waals surface area contributed by atoms with Gasteiger partial charge in [0.15, 0.2) is 0 Å². The highest BCUT2D eigenvalue weighted by molar-refractivity contribution is 9.10. The minimum absolute atomic E-state index is 0.195. The van der Waals surface area contributed by atoms with Crippen LogP contribution < -0.4 is 5.32 Å². The van der Waals surface area contributed by atoms with Crippen LogP contribution in [0.2, 0.25) is 0 Å². The molecule has 0 radical (unpaired) electrons. The van der Waals surface area contributed by atoms with Gasteiger partial charge in [0.1, 0.15) is 11.6 Å². The van der Waals surface area contributed by atoms with Crippen molar-refractivity contribution in [3.63, 3.8) is 0 Å². The fraction of sp³-hybridized carbons (Fsp3) is 0.538. The van der Waals surface area contributed by atoms with Gasteiger partial charge in [0.05, 0.1) is 4.47 Å². The Labute approximate surface area is 109 Å². The Bertz CT molecular complexity index is 405. The Morgan fingerprint density at radius 1 is 1.41 bits per heavy atom. The SMILES string of the molecule is CNC(CCc1c(F)ccc(Br)c1F)C1CC1. The first-order chi connectivity index (χ1) is 8.13. The average molecular weight is 304 g/mol. The maximum Gasteiger partial charge on any atom is 0.143 e. The van der Waals surface area contributed by atoms with Crippen LogP contribution in [-0.4, -0.2) is 13.1 Å². The molecule has 0 heterocycles. The van der Waals surface area contributed by atoms with Crippen LogP contribution in [-0.2, 0) is 6.42 Å². The topological polar surface area (TPSA) is 12.0 Å². The third-order valence-corrected chi connectivity index (χ3v) is 4.02. The number of halogens is 3. The molecule has 0 aromatic heterocycles. The first-order valence-corrected chi connectivity index (χ1v) is 6.72. The molecule has 2 rings (SSSR count). The van der Waals surface area contributed by atoms with E-state index in [1.165, 1.54) is 25.0 Å². The fourth-order valence-electron chi connectivity index (χ4n) is 2.21. The molecule has 1 N–H and O–H groups in total. The van der Waals surface area contributed by atoms with Crippen LogP contribution in [0.25, 0.3) is 0 Å². The van der Waals surface area contributed by atoms with Gasteiger partial charge in [0.2, 0.25) is 0 Å². The molecular formula is C13H16BrF2N. The zero-order valence-corrected chi connectivity index (χ0v) is 11.4. The number of nitrogens with one attached hydrogen (secondary N) is 1. The fourth-order valence-corrected chi connectivity index (χ4v) is 2.58. The van der Waals surface area contributed by atoms with Crippen LogP contribution in [0.3, 0.4) is 0 Å². The highest BCUT2D eigenvalue weighted by atomic mass is 79.9. The van der Waals surface area contributed by atoms with Crippen LogP contribution in [0.1, 0.15) is 24.8 Å². The summed E-state index contributed by atoms with van der Waals surface area (Å²) in [6, 6.07) is 3.10. The molecule has 1 aromatic rings. The summed E-state index contributed by atoms with van der Waals surface area (Å²) in [6.07, 6.45) is 3.69. The van der Waals surface area contributed by atoms with E-state index in [0.717, 1.165) is 6.42 Å². The van der Waals surface area contributed by atoms with Gasteiger partial charge < -0.3 is 5.32 Å². The second-order valence-corrected chi connectivity index (χ2v) is 5.45. The van der Waals surface area contributed by atoms with E-state index in [4.69, 9.17) is 0 Å². The highest BCUT2D eigenvalue weighted by Gasteiger charge is 2.30. The van der Waals surface area contributed by atoms with Crippen LogP contribution in [0, 0.1) is 17.6 Å². The molecule has 1 aromatic carbocycles. The quantitative estimate of drug-likeness (QED) is 0.819. The van der Waals surface area contributed by atoms with Crippen LogP contribution >= 0.6 is 15.9 Å². The van der Waals surface area contributed by atoms with Gasteiger partial charge in [-0.1, -0.05) is 0 Å². The molecule has 1 atom stereocenters. The van der Waals surface area contributed by atoms with Crippen molar-refractivity contribution in [1.82, 2.24) is 5.32 Å². The Balaban J connectivity index is 2.05. The average Bonchev–Trinajstić information content (AvgIpc) is 3.13. The van der Waals surface area contributed by atoms with Gasteiger partial charge in [-0.05, 0) is 66.7 Å². The summed E-state index contributed by atoms with van der Waals surface area (Å²) < 4.78 is 27.6. The number of hydrogen-bond acceptors (Lipinski definition) is 1. The molecule has 0 spiro atoms. The minimum Gasteiger partial charge on any atom is -0.317 e. The maximum absolute atomic E-state index is 13.7. The molecule has 17 heavy (non-hydrogen) atoms. The molecular weight excluding hydrogens is 288 g/mol. The summed E-state index contributed by atoms with van der Waals surface area (Å²) >= 11 is 3.09. The van der Waals surface area contributed by atoms with Crippen molar-refractivity contribution in [2.45, 2.75) is 31.7 Å². The molecule has 4 heteroatoms. The van der Waals surface area contributed by atoms with Crippen LogP contribution in [0.15, 0.2) is 16.6 Å². The van der Waals surface area contributed by atoms with Crippen molar-refractivity contribution >= 4 is 15.9 Å². The number of hydrogen-bond donors (Lipinski definition) is 1. The van der Waals surface area contributed by atoms with Gasteiger partial charge in [-0.2, -0.15) is 0 Å². The van der Waals surface area contributed by atoms with Gasteiger partial charge in [-0.3, -0.25) is 0 Å². The number of benzene rings is 1. The molecule has 0 bridgehead atoms. The van der Waals surface area contributed by atoms with Crippen molar-refractivity contribution in [1.29, 1.82) is 0 Å². The van der Waals surface area contributed by atoms with Crippen molar-refractivity contribution in [3.05, 3.63) is 33.8 Å². The smallest absolute Gasteiger partial charge is 0.143 e. The van der Waals surface area contributed by atoms with E-state index in [1.54, 1.807) is 0 Å². The summed E-state index contributed by atoms with van der Waals surface area (Å²) in [6.45, 7) is 0. The summed E-state index contributed by atoms with van der Waals surface area (Å²) in [4.78, 5) is 0. The maximum atomic E-state index is 13.7. The molecule has 0 saturated heterocycles. The lowest BCUT2D eigenvalue weighted by Crippen LogP contribution is -2.28. The van der Waals surface area contributed by atoms with E-state index in [1.807, 2.05) is 7.05 Å². The Kier molecular flexibility index (Phi) is 4.15. The monoisotopic (exact) mass is 303 g/mol. The van der Waals surface area contributed by atoms with Crippen molar-refractivity contribution in [2.75, 3.05) is 7.05 Å². The summed E-state index contributed by atoms with van der Waals surface area (Å²) in [5.74, 6) is -0.217. The Morgan fingerprint density at radius 3 is 2.71 bits per heavy atom. The lowest BCUT2D eigenvalue weighted by Gasteiger charge is -2.15. The highest BCUT2D eigenvalue weighted by Crippen LogP contribution is 2.34. The molecule has 1 nitrogen and oxygen atoms in total. The van der Waals surface area contributed by atoms with Crippen LogP contribution in [0.5, 0.6) is 0 Å². The lowest BCUT2D eigenvalue weighted by molar-refractivity contribution is 0.457. The predicted octanol–water partition coefficient (Wildman–Crippen LogP) is 3.66. The molecule has 0 amide bonds. The van der Waals surface area contributed by atoms with Gasteiger partial charge in [0.25, 0.3) is 0 Å². The predicted molar refractivity (Wildman–Crippen MR) is 68.0 cm³/mol. The summed E-state index contributed by atoms with van der Waals surface area (Å²) in [5, 5.41) is 3.23. The zero-order chi connectivity index (χ0) is 12.4. The third-order valence-electron chi connectivity index (χ3n) is 3.41. The number of rotatable bonds is 5. The van der Waals surface area contributed by atoms with Gasteiger partial charge >= 0.3 is 0 Å². The van der Waals surface area contributed by atoms with E-state index in [9.17, 15) is 8.78 Å². The van der Waals surface area contributed by atoms with Gasteiger partial charge in [-0.15, -0.1) is 0 Å². The first-order valence-electron chi connectivity index (χ1n) is 5.93. The van der Waals surface area contributed by atoms with E-state index < -0.39 is 11.6 Å². The van der Waals surface area contributed by atoms with Crippen molar-refractivity contribution < 1.29 is 8.78 Å². The Morgan fingerprint density at radius 2 is 2.12 bits per heavy atom. The van der Waals surface area contributed by atoms with Crippen molar-refractivity contribution in [2.24, 2.45) is 5.92 Å². The first kappa shape index (κ1) is 13.0. The van der Waals surface area contributed by atoms with E-state index in [-0.39, 0.29) is 5.56 Å². The molecule has 1 fully saturated rings. The van der Waals surface area contributed by atoms with E-state index >= 15 is 0 Å². The molecule has 1 aliphatic carbocycles. The largest absolute Gasteiger partial charge is 0.317 e. The van der Waals surface area contributed by atoms with Gasteiger partial charge in [-0.25, -0.2) is 8.78 Å². The molecule has 1 aliphatic rings. The zero-order valence-electron chi connectivity index (χ0n) is 9.77. The molecule has 1 unspecified atom stereocenters. The van der Waals surface area contributed by atoms with Gasteiger partial charge in [0, 0.05) is 11.6 Å². The summed E-state index contributed by atoms with van der Waals surface area (Å²) in [5.41, 5.74) is 0.195. The summed E-state index contributed by atoms with van der Waals surface area (Å²) in [7, 11) is 1.91. The van der Waals surface area contributed by atoms with Crippen molar-refractivity contribution in [3.8, 4) is 0 Å². The van der Waals surface area contributed by atoms with Crippen LogP contribution in [0.4, 0.5) is 8.78 Å². The second-order valence-electron chi connectivity index (χ2n) is 4.59. The molecule has 94 valence electrons. The Hall–Kier alpha value is -0.480. The van der Waals surface area contributed by atoms with E-state index in [0.29, 0.717) is 22.9 Å². The lowest BCUT2D eigenvalue weighted by atomic mass is 10.0.